The number of fused-ring (bicyclic) bond motifs is 1. The van der Waals surface area contributed by atoms with Crippen molar-refractivity contribution in [3.8, 4) is 0 Å². The fraction of sp³-hybridized carbons (Fsp3) is 0.588. The van der Waals surface area contributed by atoms with Crippen LogP contribution in [0.3, 0.4) is 0 Å². The summed E-state index contributed by atoms with van der Waals surface area (Å²) < 4.78 is 5.71. The van der Waals surface area contributed by atoms with Crippen LogP contribution in [0.2, 0.25) is 5.02 Å². The van der Waals surface area contributed by atoms with E-state index in [0.29, 0.717) is 24.7 Å². The topological polar surface area (TPSA) is 36.0 Å². The van der Waals surface area contributed by atoms with E-state index in [-0.39, 0.29) is 18.1 Å². The Morgan fingerprint density at radius 1 is 1.22 bits per heavy atom. The first-order valence-electron chi connectivity index (χ1n) is 8.13. The summed E-state index contributed by atoms with van der Waals surface area (Å²) in [5.74, 6) is 0.155. The number of nitrogens with zero attached hydrogens (tertiary/aromatic N) is 3. The Balaban J connectivity index is 1.74. The number of carbonyl (C=O) groups excluding carboxylic acids is 1. The van der Waals surface area contributed by atoms with Crippen LogP contribution in [-0.2, 0) is 9.53 Å². The highest BCUT2D eigenvalue weighted by molar-refractivity contribution is 6.31. The molecule has 1 aromatic rings. The Kier molecular flexibility index (Phi) is 4.69. The number of amides is 1. The van der Waals surface area contributed by atoms with Gasteiger partial charge >= 0.3 is 0 Å². The molecule has 1 saturated heterocycles. The van der Waals surface area contributed by atoms with Gasteiger partial charge in [-0.05, 0) is 32.0 Å². The zero-order valence-corrected chi connectivity index (χ0v) is 14.7. The van der Waals surface area contributed by atoms with Gasteiger partial charge in [0.25, 0.3) is 0 Å². The van der Waals surface area contributed by atoms with Crippen molar-refractivity contribution in [1.29, 1.82) is 0 Å². The Morgan fingerprint density at radius 2 is 1.91 bits per heavy atom. The highest BCUT2D eigenvalue weighted by Crippen LogP contribution is 2.34. The molecule has 2 aliphatic heterocycles. The number of likely N-dealkylation sites (N-methyl/N-ethyl adjacent to an activating group) is 1. The summed E-state index contributed by atoms with van der Waals surface area (Å²) in [4.78, 5) is 19.0. The Bertz CT molecular complexity index is 585. The number of benzene rings is 1. The summed E-state index contributed by atoms with van der Waals surface area (Å²) in [6.07, 6.45) is 0.189. The van der Waals surface area contributed by atoms with Crippen LogP contribution in [-0.4, -0.2) is 62.8 Å². The van der Waals surface area contributed by atoms with Crippen LogP contribution in [0.15, 0.2) is 18.2 Å². The van der Waals surface area contributed by atoms with E-state index in [1.807, 2.05) is 36.9 Å². The third kappa shape index (κ3) is 3.56. The third-order valence-electron chi connectivity index (χ3n) is 4.49. The molecule has 0 saturated carbocycles. The highest BCUT2D eigenvalue weighted by Gasteiger charge is 2.29. The molecule has 0 aromatic heterocycles. The lowest BCUT2D eigenvalue weighted by atomic mass is 10.1. The molecule has 126 valence electrons. The molecule has 0 unspecified atom stereocenters. The van der Waals surface area contributed by atoms with E-state index in [1.54, 1.807) is 0 Å². The largest absolute Gasteiger partial charge is 0.372 e. The number of halogens is 1. The lowest BCUT2D eigenvalue weighted by Gasteiger charge is -2.39. The molecule has 0 bridgehead atoms. The number of morpholine rings is 1. The first kappa shape index (κ1) is 16.4. The predicted octanol–water partition coefficient (Wildman–Crippen LogP) is 2.23. The van der Waals surface area contributed by atoms with Crippen LogP contribution in [0.25, 0.3) is 0 Å². The summed E-state index contributed by atoms with van der Waals surface area (Å²) in [6.45, 7) is 7.48. The van der Waals surface area contributed by atoms with E-state index < -0.39 is 0 Å². The first-order chi connectivity index (χ1) is 10.9. The minimum absolute atomic E-state index is 0.0944. The van der Waals surface area contributed by atoms with Crippen LogP contribution < -0.4 is 9.80 Å². The zero-order valence-electron chi connectivity index (χ0n) is 14.0. The quantitative estimate of drug-likeness (QED) is 0.829. The van der Waals surface area contributed by atoms with E-state index in [1.165, 1.54) is 0 Å². The average Bonchev–Trinajstić information content (AvgIpc) is 2.49. The molecule has 2 atom stereocenters. The zero-order chi connectivity index (χ0) is 16.6. The Labute approximate surface area is 142 Å². The smallest absolute Gasteiger partial charge is 0.242 e. The third-order valence-corrected chi connectivity index (χ3v) is 4.73. The normalized spacial score (nSPS) is 24.6. The van der Waals surface area contributed by atoms with E-state index in [0.717, 1.165) is 24.5 Å². The Morgan fingerprint density at radius 3 is 2.61 bits per heavy atom. The molecule has 5 nitrogen and oxygen atoms in total. The van der Waals surface area contributed by atoms with Crippen LogP contribution in [0, 0.1) is 0 Å². The first-order valence-corrected chi connectivity index (χ1v) is 8.50. The molecule has 0 radical (unpaired) electrons. The maximum absolute atomic E-state index is 12.7. The number of ether oxygens (including phenoxy) is 1. The molecule has 0 aliphatic carbocycles. The van der Waals surface area contributed by atoms with Crippen LogP contribution in [0.4, 0.5) is 11.4 Å². The van der Waals surface area contributed by atoms with Crippen LogP contribution in [0.1, 0.15) is 13.8 Å². The van der Waals surface area contributed by atoms with E-state index in [9.17, 15) is 4.79 Å². The fourth-order valence-electron chi connectivity index (χ4n) is 3.39. The van der Waals surface area contributed by atoms with E-state index in [2.05, 4.69) is 16.8 Å². The molecular formula is C17H24ClN3O2. The molecule has 0 spiro atoms. The van der Waals surface area contributed by atoms with Crippen molar-refractivity contribution >= 4 is 28.9 Å². The molecule has 6 heteroatoms. The van der Waals surface area contributed by atoms with Crippen molar-refractivity contribution in [2.45, 2.75) is 26.1 Å². The monoisotopic (exact) mass is 337 g/mol. The van der Waals surface area contributed by atoms with Gasteiger partial charge in [-0.25, -0.2) is 0 Å². The predicted molar refractivity (Wildman–Crippen MR) is 93.5 cm³/mol. The number of rotatable bonds is 2. The van der Waals surface area contributed by atoms with Gasteiger partial charge in [0.2, 0.25) is 5.91 Å². The molecule has 0 N–H and O–H groups in total. The maximum Gasteiger partial charge on any atom is 0.242 e. The number of hydrogen-bond donors (Lipinski definition) is 0. The Hall–Kier alpha value is -1.46. The second-order valence-electron chi connectivity index (χ2n) is 6.53. The highest BCUT2D eigenvalue weighted by atomic mass is 35.5. The number of hydrogen-bond acceptors (Lipinski definition) is 4. The minimum atomic E-state index is 0.0944. The number of anilines is 2. The number of carbonyl (C=O) groups is 1. The van der Waals surface area contributed by atoms with Crippen molar-refractivity contribution in [1.82, 2.24) is 4.90 Å². The fourth-order valence-corrected chi connectivity index (χ4v) is 3.56. The van der Waals surface area contributed by atoms with Crippen LogP contribution in [0.5, 0.6) is 0 Å². The van der Waals surface area contributed by atoms with Crippen molar-refractivity contribution in [3.05, 3.63) is 23.2 Å². The van der Waals surface area contributed by atoms with Crippen molar-refractivity contribution in [3.63, 3.8) is 0 Å². The van der Waals surface area contributed by atoms with Gasteiger partial charge in [0, 0.05) is 38.2 Å². The molecule has 1 amide bonds. The van der Waals surface area contributed by atoms with Crippen molar-refractivity contribution in [2.24, 2.45) is 0 Å². The summed E-state index contributed by atoms with van der Waals surface area (Å²) in [5.41, 5.74) is 2.16. The lowest BCUT2D eigenvalue weighted by Crippen LogP contribution is -2.52. The van der Waals surface area contributed by atoms with Gasteiger partial charge in [0.15, 0.2) is 0 Å². The van der Waals surface area contributed by atoms with Crippen molar-refractivity contribution in [2.75, 3.05) is 49.6 Å². The second kappa shape index (κ2) is 6.57. The molecule has 2 heterocycles. The SMILES string of the molecule is C[C@@H]1CN(C(=O)CN2CCN(C)c3ccc(Cl)cc32)C[C@H](C)O1. The van der Waals surface area contributed by atoms with Gasteiger partial charge in [-0.3, -0.25) is 4.79 Å². The van der Waals surface area contributed by atoms with Crippen LogP contribution >= 0.6 is 11.6 Å². The van der Waals surface area contributed by atoms with E-state index >= 15 is 0 Å². The summed E-state index contributed by atoms with van der Waals surface area (Å²) in [5, 5.41) is 0.699. The van der Waals surface area contributed by atoms with Gasteiger partial charge < -0.3 is 19.4 Å². The molecule has 3 rings (SSSR count). The second-order valence-corrected chi connectivity index (χ2v) is 6.97. The minimum Gasteiger partial charge on any atom is -0.372 e. The molecule has 23 heavy (non-hydrogen) atoms. The molecule has 1 fully saturated rings. The molecule has 1 aromatic carbocycles. The molecule has 2 aliphatic rings. The summed E-state index contributed by atoms with van der Waals surface area (Å²) in [7, 11) is 2.07. The van der Waals surface area contributed by atoms with Gasteiger partial charge in [0.1, 0.15) is 0 Å². The molecular weight excluding hydrogens is 314 g/mol. The standard InChI is InChI=1S/C17H24ClN3O2/c1-12-9-21(10-13(2)23-12)17(22)11-20-7-6-19(3)15-5-4-14(18)8-16(15)20/h4-5,8,12-13H,6-7,9-11H2,1-3H3/t12-,13+. The average molecular weight is 338 g/mol. The van der Waals surface area contributed by atoms with Gasteiger partial charge in [-0.2, -0.15) is 0 Å². The summed E-state index contributed by atoms with van der Waals surface area (Å²) in [6, 6.07) is 5.87. The maximum atomic E-state index is 12.7. The summed E-state index contributed by atoms with van der Waals surface area (Å²) >= 11 is 6.16. The van der Waals surface area contributed by atoms with E-state index in [4.69, 9.17) is 16.3 Å². The van der Waals surface area contributed by atoms with Gasteiger partial charge in [0.05, 0.1) is 30.1 Å². The van der Waals surface area contributed by atoms with Gasteiger partial charge in [-0.1, -0.05) is 11.6 Å². The lowest BCUT2D eigenvalue weighted by molar-refractivity contribution is -0.141. The van der Waals surface area contributed by atoms with Crippen molar-refractivity contribution < 1.29 is 9.53 Å². The van der Waals surface area contributed by atoms with Gasteiger partial charge in [-0.15, -0.1) is 0 Å².